The molecule has 1 aromatic rings. The fourth-order valence-corrected chi connectivity index (χ4v) is 5.29. The van der Waals surface area contributed by atoms with Crippen molar-refractivity contribution < 1.29 is 57.3 Å². The molecule has 1 atom stereocenters. The molecule has 0 aliphatic carbocycles. The van der Waals surface area contributed by atoms with Crippen LogP contribution >= 0.6 is 0 Å². The molecule has 0 aromatic heterocycles. The number of non-ortho nitro benzene ring substituents is 1. The molecule has 59 heavy (non-hydrogen) atoms. The lowest BCUT2D eigenvalue weighted by atomic mass is 10.1. The summed E-state index contributed by atoms with van der Waals surface area (Å²) in [6.45, 7) is 25.0. The molecule has 0 saturated heterocycles. The van der Waals surface area contributed by atoms with Crippen LogP contribution in [0.5, 0.6) is 0 Å². The minimum Gasteiger partial charge on any atom is -0.459 e. The van der Waals surface area contributed by atoms with Crippen LogP contribution in [0, 0.1) is 10.1 Å². The van der Waals surface area contributed by atoms with E-state index in [1.807, 2.05) is 0 Å². The maximum absolute atomic E-state index is 13.9. The molecule has 0 bridgehead atoms. The molecule has 0 aliphatic heterocycles. The van der Waals surface area contributed by atoms with Gasteiger partial charge in [0.2, 0.25) is 0 Å². The lowest BCUT2D eigenvalue weighted by molar-refractivity contribution is -0.384. The molecular formula is C42H70N4O13. The fraction of sp³-hybridized carbons (Fsp3) is 0.738. The van der Waals surface area contributed by atoms with Gasteiger partial charge in [-0.2, -0.15) is 0 Å². The highest BCUT2D eigenvalue weighted by Gasteiger charge is 2.34. The minimum atomic E-state index is -1.14. The summed E-state index contributed by atoms with van der Waals surface area (Å²) in [7, 11) is 0. The summed E-state index contributed by atoms with van der Waals surface area (Å²) in [5, 5.41) is 11.1. The molecule has 0 amide bonds. The molecule has 0 fully saturated rings. The molecule has 17 nitrogen and oxygen atoms in total. The van der Waals surface area contributed by atoms with Crippen molar-refractivity contribution in [2.75, 3.05) is 59.0 Å². The van der Waals surface area contributed by atoms with Gasteiger partial charge in [0.05, 0.1) is 44.3 Å². The summed E-state index contributed by atoms with van der Waals surface area (Å²) in [6, 6.07) is 4.64. The molecule has 17 heteroatoms. The zero-order chi connectivity index (χ0) is 45.6. The summed E-state index contributed by atoms with van der Waals surface area (Å²) in [5.41, 5.74) is -3.56. The smallest absolute Gasteiger partial charge is 0.326 e. The zero-order valence-corrected chi connectivity index (χ0v) is 38.1. The number of rotatable bonds is 21. The van der Waals surface area contributed by atoms with E-state index >= 15 is 0 Å². The van der Waals surface area contributed by atoms with Gasteiger partial charge in [-0.25, -0.2) is 0 Å². The molecule has 0 aliphatic rings. The maximum Gasteiger partial charge on any atom is 0.326 e. The average molecular weight is 839 g/mol. The number of nitro groups is 1. The summed E-state index contributed by atoms with van der Waals surface area (Å²) < 4.78 is 34.1. The number of carbonyl (C=O) groups is 5. The molecule has 336 valence electrons. The summed E-state index contributed by atoms with van der Waals surface area (Å²) >= 11 is 0. The van der Waals surface area contributed by atoms with Gasteiger partial charge in [-0.1, -0.05) is 0 Å². The van der Waals surface area contributed by atoms with E-state index in [0.717, 1.165) is 0 Å². The number of nitro benzene ring substituents is 1. The lowest BCUT2D eigenvalue weighted by Crippen LogP contribution is -2.53. The second kappa shape index (κ2) is 22.4. The third-order valence-electron chi connectivity index (χ3n) is 7.32. The predicted molar refractivity (Wildman–Crippen MR) is 220 cm³/mol. The topological polar surface area (TPSA) is 194 Å². The first-order chi connectivity index (χ1) is 26.7. The van der Waals surface area contributed by atoms with Gasteiger partial charge in [-0.3, -0.25) is 48.8 Å². The number of hydrogen-bond donors (Lipinski definition) is 0. The lowest BCUT2D eigenvalue weighted by Gasteiger charge is -2.34. The Kier molecular flexibility index (Phi) is 20.1. The van der Waals surface area contributed by atoms with Crippen LogP contribution in [-0.2, 0) is 59.0 Å². The van der Waals surface area contributed by atoms with Crippen LogP contribution in [0.4, 0.5) is 5.69 Å². The second-order valence-electron chi connectivity index (χ2n) is 19.3. The predicted octanol–water partition coefficient (Wildman–Crippen LogP) is 5.09. The van der Waals surface area contributed by atoms with Gasteiger partial charge in [0.1, 0.15) is 34.0 Å². The van der Waals surface area contributed by atoms with Crippen LogP contribution in [0.2, 0.25) is 0 Å². The standard InChI is InChI=1S/C42H70N4O13/c1-38(2,3)55-33(47)24-43(20-21-44(25-34(48)56-39(4,5)6)26-35(49)57-40(7,8)9)22-23-45(27-36(50)58-41(10,11)12)32(37(51)59-42(13,14)15)29-54-28-30-16-18-31(19-17-30)46(52)53/h16-19,32H,20-29H2,1-15H3. The second-order valence-corrected chi connectivity index (χ2v) is 19.3. The first-order valence-electron chi connectivity index (χ1n) is 19.8. The Morgan fingerprint density at radius 1 is 0.542 bits per heavy atom. The van der Waals surface area contributed by atoms with Crippen molar-refractivity contribution in [1.29, 1.82) is 0 Å². The van der Waals surface area contributed by atoms with Crippen molar-refractivity contribution in [3.63, 3.8) is 0 Å². The number of esters is 5. The number of nitrogens with zero attached hydrogens (tertiary/aromatic N) is 4. The Labute approximate surface area is 350 Å². The SMILES string of the molecule is CC(C)(C)OC(=O)CN(CCN(CC(=O)OC(C)(C)C)CC(=O)OC(C)(C)C)CCN(CC(=O)OC(C)(C)C)C(COCc1ccc([N+](=O)[O-])cc1)C(=O)OC(C)(C)C. The highest BCUT2D eigenvalue weighted by atomic mass is 16.6. The monoisotopic (exact) mass is 838 g/mol. The Morgan fingerprint density at radius 2 is 0.898 bits per heavy atom. The number of benzene rings is 1. The van der Waals surface area contributed by atoms with Gasteiger partial charge >= 0.3 is 29.8 Å². The van der Waals surface area contributed by atoms with Gasteiger partial charge in [-0.15, -0.1) is 0 Å². The van der Waals surface area contributed by atoms with E-state index < -0.39 is 68.8 Å². The number of hydrogen-bond acceptors (Lipinski definition) is 16. The van der Waals surface area contributed by atoms with Crippen LogP contribution in [0.25, 0.3) is 0 Å². The van der Waals surface area contributed by atoms with Gasteiger partial charge in [0, 0.05) is 38.3 Å². The highest BCUT2D eigenvalue weighted by Crippen LogP contribution is 2.18. The van der Waals surface area contributed by atoms with Crippen molar-refractivity contribution in [2.45, 2.75) is 145 Å². The molecule has 0 spiro atoms. The zero-order valence-electron chi connectivity index (χ0n) is 38.1. The maximum atomic E-state index is 13.9. The van der Waals surface area contributed by atoms with E-state index in [4.69, 9.17) is 28.4 Å². The van der Waals surface area contributed by atoms with E-state index in [2.05, 4.69) is 0 Å². The molecule has 0 saturated carbocycles. The first kappa shape index (κ1) is 52.8. The third kappa shape index (κ3) is 25.8. The highest BCUT2D eigenvalue weighted by molar-refractivity contribution is 5.78. The molecule has 1 aromatic carbocycles. The molecule has 1 rings (SSSR count). The molecule has 0 heterocycles. The Bertz CT molecular complexity index is 1520. The third-order valence-corrected chi connectivity index (χ3v) is 7.32. The Morgan fingerprint density at radius 3 is 1.29 bits per heavy atom. The van der Waals surface area contributed by atoms with E-state index in [1.165, 1.54) is 12.1 Å². The fourth-order valence-electron chi connectivity index (χ4n) is 5.29. The Hall–Kier alpha value is -4.19. The minimum absolute atomic E-state index is 0.00648. The first-order valence-corrected chi connectivity index (χ1v) is 19.8. The van der Waals surface area contributed by atoms with Gasteiger partial charge in [0.25, 0.3) is 5.69 Å². The summed E-state index contributed by atoms with van der Waals surface area (Å²) in [4.78, 5) is 81.9. The van der Waals surface area contributed by atoms with Gasteiger partial charge in [-0.05, 0) is 122 Å². The van der Waals surface area contributed by atoms with Crippen molar-refractivity contribution in [1.82, 2.24) is 14.7 Å². The molecule has 1 unspecified atom stereocenters. The number of ether oxygens (including phenoxy) is 6. The van der Waals surface area contributed by atoms with Crippen LogP contribution in [0.1, 0.15) is 109 Å². The van der Waals surface area contributed by atoms with Crippen LogP contribution in [0.15, 0.2) is 24.3 Å². The van der Waals surface area contributed by atoms with Crippen molar-refractivity contribution >= 4 is 35.5 Å². The normalized spacial score (nSPS) is 13.3. The summed E-state index contributed by atoms with van der Waals surface area (Å²) in [5.74, 6) is -2.96. The largest absolute Gasteiger partial charge is 0.459 e. The quantitative estimate of drug-likeness (QED) is 0.0687. The van der Waals surface area contributed by atoms with Crippen molar-refractivity contribution in [3.8, 4) is 0 Å². The Balaban J connectivity index is 3.56. The van der Waals surface area contributed by atoms with Gasteiger partial charge in [0.15, 0.2) is 0 Å². The van der Waals surface area contributed by atoms with Crippen molar-refractivity contribution in [2.24, 2.45) is 0 Å². The van der Waals surface area contributed by atoms with Gasteiger partial charge < -0.3 is 28.4 Å². The summed E-state index contributed by atoms with van der Waals surface area (Å²) in [6.07, 6.45) is 0. The van der Waals surface area contributed by atoms with E-state index in [-0.39, 0.29) is 71.3 Å². The van der Waals surface area contributed by atoms with E-state index in [9.17, 15) is 34.1 Å². The van der Waals surface area contributed by atoms with E-state index in [1.54, 1.807) is 131 Å². The molecule has 0 radical (unpaired) electrons. The van der Waals surface area contributed by atoms with E-state index in [0.29, 0.717) is 5.56 Å². The van der Waals surface area contributed by atoms with Crippen LogP contribution in [0.3, 0.4) is 0 Å². The average Bonchev–Trinajstić information content (AvgIpc) is 2.99. The van der Waals surface area contributed by atoms with Crippen molar-refractivity contribution in [3.05, 3.63) is 39.9 Å². The number of carbonyl (C=O) groups excluding carboxylic acids is 5. The van der Waals surface area contributed by atoms with Crippen LogP contribution in [-0.4, -0.2) is 142 Å². The van der Waals surface area contributed by atoms with Crippen LogP contribution < -0.4 is 0 Å². The molecular weight excluding hydrogens is 768 g/mol. The molecule has 0 N–H and O–H groups in total.